The first-order valence-electron chi connectivity index (χ1n) is 7.84. The van der Waals surface area contributed by atoms with Gasteiger partial charge in [0.05, 0.1) is 24.2 Å². The highest BCUT2D eigenvalue weighted by atomic mass is 35.5. The van der Waals surface area contributed by atoms with Gasteiger partial charge in [0.1, 0.15) is 5.76 Å². The molecule has 6 heteroatoms. The molecule has 3 rings (SSSR count). The standard InChI is InChI=1S/C17H20ClN3O2/c18-13-6-7-16(21-8-2-1-3-9-21)15(11-13)20-17(22)19-12-14-5-4-10-23-14/h4-7,10-11H,1-3,8-9,12H2,(H2,19,20,22). The van der Waals surface area contributed by atoms with Crippen LogP contribution in [0.5, 0.6) is 0 Å². The largest absolute Gasteiger partial charge is 0.467 e. The Hall–Kier alpha value is -2.14. The topological polar surface area (TPSA) is 57.5 Å². The Morgan fingerprint density at radius 1 is 1.22 bits per heavy atom. The molecular weight excluding hydrogens is 314 g/mol. The van der Waals surface area contributed by atoms with Crippen LogP contribution in [0.25, 0.3) is 0 Å². The molecule has 5 nitrogen and oxygen atoms in total. The summed E-state index contributed by atoms with van der Waals surface area (Å²) < 4.78 is 5.20. The van der Waals surface area contributed by atoms with E-state index < -0.39 is 0 Å². The summed E-state index contributed by atoms with van der Waals surface area (Å²) in [6.45, 7) is 2.35. The number of amides is 2. The van der Waals surface area contributed by atoms with Crippen molar-refractivity contribution in [2.75, 3.05) is 23.3 Å². The lowest BCUT2D eigenvalue weighted by Gasteiger charge is -2.30. The number of urea groups is 1. The summed E-state index contributed by atoms with van der Waals surface area (Å²) in [5.74, 6) is 0.711. The maximum absolute atomic E-state index is 12.1. The Bertz CT molecular complexity index is 652. The smallest absolute Gasteiger partial charge is 0.319 e. The van der Waals surface area contributed by atoms with E-state index in [-0.39, 0.29) is 6.03 Å². The van der Waals surface area contributed by atoms with Gasteiger partial charge in [-0.3, -0.25) is 0 Å². The van der Waals surface area contributed by atoms with Gasteiger partial charge in [-0.15, -0.1) is 0 Å². The maximum Gasteiger partial charge on any atom is 0.319 e. The average Bonchev–Trinajstić information content (AvgIpc) is 3.07. The van der Waals surface area contributed by atoms with E-state index >= 15 is 0 Å². The second-order valence-corrected chi connectivity index (χ2v) is 6.03. The number of rotatable bonds is 4. The van der Waals surface area contributed by atoms with E-state index in [1.54, 1.807) is 18.4 Å². The number of nitrogens with zero attached hydrogens (tertiary/aromatic N) is 1. The number of halogens is 1. The predicted molar refractivity (Wildman–Crippen MR) is 92.1 cm³/mol. The highest BCUT2D eigenvalue weighted by Gasteiger charge is 2.16. The van der Waals surface area contributed by atoms with Crippen LogP contribution in [0.1, 0.15) is 25.0 Å². The second-order valence-electron chi connectivity index (χ2n) is 5.60. The summed E-state index contributed by atoms with van der Waals surface area (Å²) in [5.41, 5.74) is 1.75. The van der Waals surface area contributed by atoms with Crippen LogP contribution in [0.4, 0.5) is 16.2 Å². The van der Waals surface area contributed by atoms with Crippen molar-refractivity contribution in [1.29, 1.82) is 0 Å². The molecule has 0 radical (unpaired) electrons. The molecule has 1 aromatic carbocycles. The number of benzene rings is 1. The number of anilines is 2. The summed E-state index contributed by atoms with van der Waals surface area (Å²) in [6.07, 6.45) is 5.19. The molecule has 0 spiro atoms. The zero-order valence-corrected chi connectivity index (χ0v) is 13.6. The molecule has 1 aliphatic heterocycles. The monoisotopic (exact) mass is 333 g/mol. The normalized spacial score (nSPS) is 14.6. The number of piperidine rings is 1. The highest BCUT2D eigenvalue weighted by molar-refractivity contribution is 6.31. The molecule has 2 amide bonds. The Kier molecular flexibility index (Phi) is 5.08. The third kappa shape index (κ3) is 4.20. The minimum atomic E-state index is -0.276. The molecule has 1 aliphatic rings. The molecule has 2 aromatic rings. The van der Waals surface area contributed by atoms with E-state index in [9.17, 15) is 4.79 Å². The number of nitrogens with one attached hydrogen (secondary N) is 2. The lowest BCUT2D eigenvalue weighted by molar-refractivity contribution is 0.251. The van der Waals surface area contributed by atoms with Crippen molar-refractivity contribution in [1.82, 2.24) is 5.32 Å². The third-order valence-corrected chi connectivity index (χ3v) is 4.14. The van der Waals surface area contributed by atoms with Crippen molar-refractivity contribution in [3.8, 4) is 0 Å². The molecule has 0 bridgehead atoms. The summed E-state index contributed by atoms with van der Waals surface area (Å²) in [6, 6.07) is 8.95. The van der Waals surface area contributed by atoms with E-state index in [2.05, 4.69) is 15.5 Å². The van der Waals surface area contributed by atoms with Gasteiger partial charge in [0.2, 0.25) is 0 Å². The minimum absolute atomic E-state index is 0.276. The quantitative estimate of drug-likeness (QED) is 0.879. The molecule has 0 aliphatic carbocycles. The van der Waals surface area contributed by atoms with Crippen molar-refractivity contribution in [3.05, 3.63) is 47.4 Å². The van der Waals surface area contributed by atoms with Gasteiger partial charge in [-0.2, -0.15) is 0 Å². The lowest BCUT2D eigenvalue weighted by atomic mass is 10.1. The Morgan fingerprint density at radius 2 is 2.04 bits per heavy atom. The molecule has 122 valence electrons. The fourth-order valence-electron chi connectivity index (χ4n) is 2.77. The molecular formula is C17H20ClN3O2. The first-order valence-corrected chi connectivity index (χ1v) is 8.22. The van der Waals surface area contributed by atoms with Gasteiger partial charge in [-0.1, -0.05) is 11.6 Å². The SMILES string of the molecule is O=C(NCc1ccco1)Nc1cc(Cl)ccc1N1CCCCC1. The maximum atomic E-state index is 12.1. The molecule has 2 heterocycles. The fraction of sp³-hybridized carbons (Fsp3) is 0.353. The van der Waals surface area contributed by atoms with Crippen LogP contribution in [-0.4, -0.2) is 19.1 Å². The van der Waals surface area contributed by atoms with Crippen LogP contribution < -0.4 is 15.5 Å². The van der Waals surface area contributed by atoms with E-state index in [0.717, 1.165) is 24.5 Å². The van der Waals surface area contributed by atoms with Crippen LogP contribution >= 0.6 is 11.6 Å². The highest BCUT2D eigenvalue weighted by Crippen LogP contribution is 2.31. The summed E-state index contributed by atoms with van der Waals surface area (Å²) in [5, 5.41) is 6.27. The Balaban J connectivity index is 1.67. The number of carbonyl (C=O) groups is 1. The number of carbonyl (C=O) groups excluding carboxylic acids is 1. The van der Waals surface area contributed by atoms with Gasteiger partial charge in [0.15, 0.2) is 0 Å². The molecule has 1 fully saturated rings. The van der Waals surface area contributed by atoms with Crippen molar-refractivity contribution >= 4 is 29.0 Å². The van der Waals surface area contributed by atoms with Crippen molar-refractivity contribution in [2.24, 2.45) is 0 Å². The molecule has 0 atom stereocenters. The van der Waals surface area contributed by atoms with Crippen molar-refractivity contribution < 1.29 is 9.21 Å². The van der Waals surface area contributed by atoms with Crippen LogP contribution in [0, 0.1) is 0 Å². The van der Waals surface area contributed by atoms with Gasteiger partial charge in [-0.25, -0.2) is 4.79 Å². The van der Waals surface area contributed by atoms with Crippen LogP contribution in [-0.2, 0) is 6.54 Å². The number of hydrogen-bond acceptors (Lipinski definition) is 3. The first-order chi connectivity index (χ1) is 11.2. The molecule has 0 unspecified atom stereocenters. The van der Waals surface area contributed by atoms with E-state index in [1.165, 1.54) is 19.3 Å². The van der Waals surface area contributed by atoms with Gasteiger partial charge >= 0.3 is 6.03 Å². The van der Waals surface area contributed by atoms with Crippen molar-refractivity contribution in [2.45, 2.75) is 25.8 Å². The number of hydrogen-bond donors (Lipinski definition) is 2. The van der Waals surface area contributed by atoms with Crippen LogP contribution in [0.2, 0.25) is 5.02 Å². The van der Waals surface area contributed by atoms with Gasteiger partial charge in [-0.05, 0) is 49.6 Å². The average molecular weight is 334 g/mol. The number of furan rings is 1. The Labute approximate surface area is 140 Å². The Morgan fingerprint density at radius 3 is 2.78 bits per heavy atom. The van der Waals surface area contributed by atoms with Gasteiger partial charge in [0.25, 0.3) is 0 Å². The van der Waals surface area contributed by atoms with E-state index in [1.807, 2.05) is 18.2 Å². The predicted octanol–water partition coefficient (Wildman–Crippen LogP) is 4.25. The van der Waals surface area contributed by atoms with Crippen LogP contribution in [0.3, 0.4) is 0 Å². The van der Waals surface area contributed by atoms with Gasteiger partial charge in [0, 0.05) is 18.1 Å². The molecule has 1 aromatic heterocycles. The first kappa shape index (κ1) is 15.7. The van der Waals surface area contributed by atoms with E-state index in [0.29, 0.717) is 17.3 Å². The molecule has 0 saturated carbocycles. The molecule has 23 heavy (non-hydrogen) atoms. The van der Waals surface area contributed by atoms with Crippen molar-refractivity contribution in [3.63, 3.8) is 0 Å². The third-order valence-electron chi connectivity index (χ3n) is 3.91. The summed E-state index contributed by atoms with van der Waals surface area (Å²) in [4.78, 5) is 14.4. The summed E-state index contributed by atoms with van der Waals surface area (Å²) in [7, 11) is 0. The van der Waals surface area contributed by atoms with Gasteiger partial charge < -0.3 is 20.0 Å². The molecule has 1 saturated heterocycles. The minimum Gasteiger partial charge on any atom is -0.467 e. The second kappa shape index (κ2) is 7.42. The molecule has 2 N–H and O–H groups in total. The summed E-state index contributed by atoms with van der Waals surface area (Å²) >= 11 is 6.09. The fourth-order valence-corrected chi connectivity index (χ4v) is 2.94. The zero-order valence-electron chi connectivity index (χ0n) is 12.8. The van der Waals surface area contributed by atoms with Crippen LogP contribution in [0.15, 0.2) is 41.0 Å². The zero-order chi connectivity index (χ0) is 16.1. The van der Waals surface area contributed by atoms with E-state index in [4.69, 9.17) is 16.0 Å². The lowest BCUT2D eigenvalue weighted by Crippen LogP contribution is -2.32.